The molecule has 0 bridgehead atoms. The quantitative estimate of drug-likeness (QED) is 0.531. The highest BCUT2D eigenvalue weighted by atomic mass is 35.5. The zero-order valence-electron chi connectivity index (χ0n) is 9.87. The van der Waals surface area contributed by atoms with E-state index in [2.05, 4.69) is 15.5 Å². The lowest BCUT2D eigenvalue weighted by molar-refractivity contribution is -0.129. The Morgan fingerprint density at radius 3 is 2.76 bits per heavy atom. The number of carbonyl (C=O) groups excluding carboxylic acids is 1. The first-order valence-electron chi connectivity index (χ1n) is 6.11. The molecule has 3 rings (SSSR count). The standard InChI is InChI=1S/C11H17ClN4O/c1-15-10(17)8-9(14-11(15)12)13-6-16(8)7-4-2-3-5-7/h7,11,13-14H,2-6H2,1H3. The zero-order chi connectivity index (χ0) is 12.0. The van der Waals surface area contributed by atoms with Gasteiger partial charge in [0.1, 0.15) is 11.5 Å². The van der Waals surface area contributed by atoms with Gasteiger partial charge in [-0.1, -0.05) is 24.4 Å². The molecule has 1 saturated carbocycles. The van der Waals surface area contributed by atoms with Crippen LogP contribution in [0.1, 0.15) is 25.7 Å². The Kier molecular flexibility index (Phi) is 2.58. The van der Waals surface area contributed by atoms with Crippen LogP contribution in [0.3, 0.4) is 0 Å². The third-order valence-electron chi connectivity index (χ3n) is 3.84. The van der Waals surface area contributed by atoms with E-state index in [4.69, 9.17) is 11.6 Å². The number of nitrogens with one attached hydrogen (secondary N) is 2. The van der Waals surface area contributed by atoms with Gasteiger partial charge in [0.25, 0.3) is 5.91 Å². The van der Waals surface area contributed by atoms with Gasteiger partial charge in [0, 0.05) is 13.1 Å². The van der Waals surface area contributed by atoms with Crippen molar-refractivity contribution in [3.8, 4) is 0 Å². The molecule has 0 aromatic rings. The van der Waals surface area contributed by atoms with Gasteiger partial charge in [-0.2, -0.15) is 0 Å². The summed E-state index contributed by atoms with van der Waals surface area (Å²) in [6.45, 7) is 0.714. The average molecular weight is 257 g/mol. The van der Waals surface area contributed by atoms with Crippen LogP contribution >= 0.6 is 11.6 Å². The van der Waals surface area contributed by atoms with Gasteiger partial charge >= 0.3 is 0 Å². The second-order valence-corrected chi connectivity index (χ2v) is 5.28. The van der Waals surface area contributed by atoms with Crippen molar-refractivity contribution < 1.29 is 4.79 Å². The van der Waals surface area contributed by atoms with Crippen molar-refractivity contribution in [3.63, 3.8) is 0 Å². The van der Waals surface area contributed by atoms with Gasteiger partial charge in [-0.05, 0) is 12.8 Å². The number of hydrogen-bond donors (Lipinski definition) is 2. The van der Waals surface area contributed by atoms with E-state index in [0.717, 1.165) is 11.5 Å². The van der Waals surface area contributed by atoms with Crippen LogP contribution in [0, 0.1) is 0 Å². The fourth-order valence-electron chi connectivity index (χ4n) is 2.83. The lowest BCUT2D eigenvalue weighted by atomic mass is 10.2. The Morgan fingerprint density at radius 1 is 1.35 bits per heavy atom. The number of rotatable bonds is 1. The highest BCUT2D eigenvalue weighted by Crippen LogP contribution is 2.31. The molecular weight excluding hydrogens is 240 g/mol. The topological polar surface area (TPSA) is 47.6 Å². The van der Waals surface area contributed by atoms with E-state index in [1.807, 2.05) is 0 Å². The molecule has 3 aliphatic rings. The molecule has 2 N–H and O–H groups in total. The predicted octanol–water partition coefficient (Wildman–Crippen LogP) is 0.545. The SMILES string of the molecule is CN1C(=O)C2=C(NCN2C2CCCC2)NC1Cl. The minimum atomic E-state index is -0.461. The highest BCUT2D eigenvalue weighted by molar-refractivity contribution is 6.22. The molecule has 0 saturated heterocycles. The molecule has 94 valence electrons. The van der Waals surface area contributed by atoms with E-state index in [1.165, 1.54) is 30.6 Å². The molecule has 2 aliphatic heterocycles. The van der Waals surface area contributed by atoms with Crippen LogP contribution in [0.25, 0.3) is 0 Å². The minimum absolute atomic E-state index is 0.00986. The summed E-state index contributed by atoms with van der Waals surface area (Å²) < 4.78 is 0. The van der Waals surface area contributed by atoms with Crippen LogP contribution in [-0.2, 0) is 4.79 Å². The van der Waals surface area contributed by atoms with E-state index in [1.54, 1.807) is 7.05 Å². The van der Waals surface area contributed by atoms with Gasteiger partial charge in [0.05, 0.1) is 6.67 Å². The van der Waals surface area contributed by atoms with Crippen molar-refractivity contribution in [3.05, 3.63) is 11.5 Å². The van der Waals surface area contributed by atoms with Gasteiger partial charge in [0.15, 0.2) is 5.62 Å². The third kappa shape index (κ3) is 1.64. The summed E-state index contributed by atoms with van der Waals surface area (Å²) in [5.41, 5.74) is 0.300. The fraction of sp³-hybridized carbons (Fsp3) is 0.727. The summed E-state index contributed by atoms with van der Waals surface area (Å²) in [6.07, 6.45) is 4.89. The molecule has 0 spiro atoms. The van der Waals surface area contributed by atoms with E-state index in [9.17, 15) is 4.79 Å². The zero-order valence-corrected chi connectivity index (χ0v) is 10.6. The van der Waals surface area contributed by atoms with Crippen molar-refractivity contribution in [1.82, 2.24) is 20.4 Å². The van der Waals surface area contributed by atoms with Crippen molar-refractivity contribution >= 4 is 17.5 Å². The van der Waals surface area contributed by atoms with Gasteiger partial charge in [-0.25, -0.2) is 0 Å². The second kappa shape index (κ2) is 3.98. The smallest absolute Gasteiger partial charge is 0.276 e. The summed E-state index contributed by atoms with van der Waals surface area (Å²) in [4.78, 5) is 16.0. The average Bonchev–Trinajstić information content (AvgIpc) is 2.93. The number of alkyl halides is 1. The molecule has 1 unspecified atom stereocenters. The molecule has 0 radical (unpaired) electrons. The molecule has 6 heteroatoms. The summed E-state index contributed by atoms with van der Waals surface area (Å²) >= 11 is 6.04. The lowest BCUT2D eigenvalue weighted by Gasteiger charge is -2.34. The van der Waals surface area contributed by atoms with E-state index in [0.29, 0.717) is 12.7 Å². The minimum Gasteiger partial charge on any atom is -0.352 e. The first kappa shape index (κ1) is 11.0. The van der Waals surface area contributed by atoms with E-state index in [-0.39, 0.29) is 5.91 Å². The summed E-state index contributed by atoms with van der Waals surface area (Å²) in [5, 5.41) is 6.34. The third-order valence-corrected chi connectivity index (χ3v) is 4.24. The van der Waals surface area contributed by atoms with Crippen LogP contribution in [0.5, 0.6) is 0 Å². The van der Waals surface area contributed by atoms with Crippen LogP contribution in [0.4, 0.5) is 0 Å². The molecular formula is C11H17ClN4O. The van der Waals surface area contributed by atoms with Crippen LogP contribution in [-0.4, -0.2) is 41.1 Å². The monoisotopic (exact) mass is 256 g/mol. The maximum absolute atomic E-state index is 12.2. The molecule has 1 amide bonds. The molecule has 17 heavy (non-hydrogen) atoms. The maximum atomic E-state index is 12.2. The maximum Gasteiger partial charge on any atom is 0.276 e. The molecule has 1 fully saturated rings. The van der Waals surface area contributed by atoms with Gasteiger partial charge in [0.2, 0.25) is 0 Å². The first-order chi connectivity index (χ1) is 8.18. The number of nitrogens with zero attached hydrogens (tertiary/aromatic N) is 2. The fourth-order valence-corrected chi connectivity index (χ4v) is 3.03. The van der Waals surface area contributed by atoms with Gasteiger partial charge in [-0.3, -0.25) is 4.79 Å². The van der Waals surface area contributed by atoms with Crippen molar-refractivity contribution in [2.45, 2.75) is 37.4 Å². The second-order valence-electron chi connectivity index (χ2n) is 4.86. The van der Waals surface area contributed by atoms with Crippen molar-refractivity contribution in [1.29, 1.82) is 0 Å². The molecule has 0 aromatic carbocycles. The summed E-state index contributed by atoms with van der Waals surface area (Å²) in [7, 11) is 1.72. The normalized spacial score (nSPS) is 29.5. The molecule has 0 aromatic heterocycles. The van der Waals surface area contributed by atoms with Crippen LogP contribution < -0.4 is 10.6 Å². The van der Waals surface area contributed by atoms with Crippen molar-refractivity contribution in [2.75, 3.05) is 13.7 Å². The van der Waals surface area contributed by atoms with Crippen LogP contribution in [0.2, 0.25) is 0 Å². The van der Waals surface area contributed by atoms with E-state index < -0.39 is 5.62 Å². The Bertz CT molecular complexity index is 378. The molecule has 1 aliphatic carbocycles. The van der Waals surface area contributed by atoms with E-state index >= 15 is 0 Å². The molecule has 2 heterocycles. The molecule has 1 atom stereocenters. The Morgan fingerprint density at radius 2 is 2.06 bits per heavy atom. The van der Waals surface area contributed by atoms with Crippen LogP contribution in [0.15, 0.2) is 11.5 Å². The summed E-state index contributed by atoms with van der Waals surface area (Å²) in [5.74, 6) is 0.802. The van der Waals surface area contributed by atoms with Crippen molar-refractivity contribution in [2.24, 2.45) is 0 Å². The largest absolute Gasteiger partial charge is 0.352 e. The number of carbonyl (C=O) groups is 1. The number of likely N-dealkylation sites (N-methyl/N-ethyl adjacent to an activating group) is 1. The highest BCUT2D eigenvalue weighted by Gasteiger charge is 2.40. The summed E-state index contributed by atoms with van der Waals surface area (Å²) in [6, 6.07) is 0.501. The number of hydrogen-bond acceptors (Lipinski definition) is 4. The Labute approximate surface area is 106 Å². The number of amides is 1. The Balaban J connectivity index is 1.88. The van der Waals surface area contributed by atoms with Gasteiger partial charge in [-0.15, -0.1) is 0 Å². The number of halogens is 1. The first-order valence-corrected chi connectivity index (χ1v) is 6.54. The van der Waals surface area contributed by atoms with Gasteiger partial charge < -0.3 is 20.4 Å². The molecule has 5 nitrogen and oxygen atoms in total. The Hall–Kier alpha value is -1.10. The predicted molar refractivity (Wildman–Crippen MR) is 64.7 cm³/mol. The lowest BCUT2D eigenvalue weighted by Crippen LogP contribution is -2.51.